The maximum Gasteiger partial charge on any atom is 0.417 e. The number of aromatic nitrogens is 1. The second-order valence-corrected chi connectivity index (χ2v) is 9.31. The van der Waals surface area contributed by atoms with E-state index in [1.54, 1.807) is 18.2 Å². The van der Waals surface area contributed by atoms with Gasteiger partial charge in [-0.05, 0) is 47.9 Å². The average Bonchev–Trinajstić information content (AvgIpc) is 2.96. The Morgan fingerprint density at radius 1 is 0.829 bits per heavy atom. The summed E-state index contributed by atoms with van der Waals surface area (Å²) in [5.74, 6) is -1.32. The van der Waals surface area contributed by atoms with Crippen LogP contribution in [-0.4, -0.2) is 28.6 Å². The van der Waals surface area contributed by atoms with Crippen molar-refractivity contribution in [1.29, 1.82) is 0 Å². The Hall–Kier alpha value is -4.92. The van der Waals surface area contributed by atoms with Gasteiger partial charge in [0.05, 0.1) is 28.8 Å². The number of halogens is 3. The zero-order valence-electron chi connectivity index (χ0n) is 21.6. The van der Waals surface area contributed by atoms with Crippen LogP contribution in [0, 0.1) is 0 Å². The second kappa shape index (κ2) is 11.7. The number of esters is 1. The molecule has 0 fully saturated rings. The first-order valence-corrected chi connectivity index (χ1v) is 12.8. The summed E-state index contributed by atoms with van der Waals surface area (Å²) < 4.78 is 53.5. The van der Waals surface area contributed by atoms with Crippen LogP contribution >= 0.6 is 0 Å². The van der Waals surface area contributed by atoms with Crippen LogP contribution in [0.5, 0.6) is 5.75 Å². The molecule has 41 heavy (non-hydrogen) atoms. The predicted molar refractivity (Wildman–Crippen MR) is 148 cm³/mol. The lowest BCUT2D eigenvalue weighted by Gasteiger charge is -2.18. The van der Waals surface area contributed by atoms with Gasteiger partial charge in [-0.3, -0.25) is 4.79 Å². The topological polar surface area (TPSA) is 85.7 Å². The zero-order chi connectivity index (χ0) is 29.0. The Labute approximate surface area is 233 Å². The van der Waals surface area contributed by atoms with Crippen molar-refractivity contribution < 1.29 is 37.3 Å². The molecular formula is C32H24F3NO5. The molecule has 0 aliphatic heterocycles. The molecule has 0 radical (unpaired) electrons. The molecule has 1 N–H and O–H groups in total. The van der Waals surface area contributed by atoms with Crippen LogP contribution in [0.1, 0.15) is 34.3 Å². The molecule has 0 atom stereocenters. The molecule has 4 aromatic carbocycles. The first-order chi connectivity index (χ1) is 19.7. The van der Waals surface area contributed by atoms with E-state index in [0.717, 1.165) is 11.6 Å². The molecule has 208 valence electrons. The average molecular weight is 560 g/mol. The fourth-order valence-electron chi connectivity index (χ4n) is 4.68. The van der Waals surface area contributed by atoms with Crippen molar-refractivity contribution in [2.45, 2.75) is 25.6 Å². The minimum Gasteiger partial charge on any atom is -0.494 e. The summed E-state index contributed by atoms with van der Waals surface area (Å²) >= 11 is 0. The van der Waals surface area contributed by atoms with Gasteiger partial charge in [0.15, 0.2) is 0 Å². The summed E-state index contributed by atoms with van der Waals surface area (Å²) in [5, 5.41) is 10.2. The summed E-state index contributed by atoms with van der Waals surface area (Å²) in [7, 11) is 0. The van der Waals surface area contributed by atoms with Gasteiger partial charge in [0.1, 0.15) is 12.4 Å². The van der Waals surface area contributed by atoms with E-state index in [4.69, 9.17) is 9.47 Å². The van der Waals surface area contributed by atoms with Gasteiger partial charge in [0, 0.05) is 22.8 Å². The molecule has 0 amide bonds. The van der Waals surface area contributed by atoms with Gasteiger partial charge in [-0.15, -0.1) is 0 Å². The van der Waals surface area contributed by atoms with Crippen LogP contribution in [0.3, 0.4) is 0 Å². The molecule has 0 saturated heterocycles. The molecule has 0 bridgehead atoms. The monoisotopic (exact) mass is 559 g/mol. The number of carboxylic acids is 1. The smallest absolute Gasteiger partial charge is 0.417 e. The predicted octanol–water partition coefficient (Wildman–Crippen LogP) is 7.67. The standard InChI is InChI=1S/C32H24F3NO5/c33-32(34,35)24-16-17-26-30(29(31(38)39)23-9-4-5-10-25(23)36-26)28(24)21-12-14-22(15-13-21)40-18-6-11-27(37)41-19-20-7-2-1-3-8-20/h1-5,7-10,12-17H,6,11,18-19H2,(H,38,39). The molecule has 0 unspecified atom stereocenters. The van der Waals surface area contributed by atoms with Crippen molar-refractivity contribution in [1.82, 2.24) is 4.98 Å². The fraction of sp³-hybridized carbons (Fsp3) is 0.156. The Bertz CT molecular complexity index is 1720. The molecule has 0 spiro atoms. The third-order valence-corrected chi connectivity index (χ3v) is 6.55. The highest BCUT2D eigenvalue weighted by Crippen LogP contribution is 2.43. The molecule has 0 aliphatic carbocycles. The highest BCUT2D eigenvalue weighted by Gasteiger charge is 2.36. The number of rotatable bonds is 9. The lowest BCUT2D eigenvalue weighted by atomic mass is 9.90. The quantitative estimate of drug-likeness (QED) is 0.113. The number of carbonyl (C=O) groups is 2. The first-order valence-electron chi connectivity index (χ1n) is 12.8. The first kappa shape index (κ1) is 27.6. The van der Waals surface area contributed by atoms with Crippen LogP contribution in [0.25, 0.3) is 32.9 Å². The summed E-state index contributed by atoms with van der Waals surface area (Å²) in [6.45, 7) is 0.381. The Morgan fingerprint density at radius 2 is 1.54 bits per heavy atom. The molecule has 5 rings (SSSR count). The maximum absolute atomic E-state index is 14.2. The van der Waals surface area contributed by atoms with Crippen LogP contribution in [0.2, 0.25) is 0 Å². The molecule has 1 heterocycles. The number of fused-ring (bicyclic) bond motifs is 2. The number of benzene rings is 4. The largest absolute Gasteiger partial charge is 0.494 e. The van der Waals surface area contributed by atoms with Gasteiger partial charge >= 0.3 is 18.1 Å². The lowest BCUT2D eigenvalue weighted by Crippen LogP contribution is -2.10. The highest BCUT2D eigenvalue weighted by atomic mass is 19.4. The molecule has 1 aromatic heterocycles. The van der Waals surface area contributed by atoms with E-state index in [0.29, 0.717) is 17.7 Å². The third kappa shape index (κ3) is 6.14. The molecular weight excluding hydrogens is 535 g/mol. The summed E-state index contributed by atoms with van der Waals surface area (Å²) in [6.07, 6.45) is -4.21. The number of ether oxygens (including phenoxy) is 2. The number of pyridine rings is 1. The summed E-state index contributed by atoms with van der Waals surface area (Å²) in [5.41, 5.74) is 0.0899. The highest BCUT2D eigenvalue weighted by molar-refractivity contribution is 6.18. The van der Waals surface area contributed by atoms with Crippen molar-refractivity contribution >= 4 is 33.7 Å². The van der Waals surface area contributed by atoms with Crippen LogP contribution in [0.15, 0.2) is 91.0 Å². The van der Waals surface area contributed by atoms with Crippen molar-refractivity contribution in [2.24, 2.45) is 0 Å². The zero-order valence-corrected chi connectivity index (χ0v) is 21.6. The van der Waals surface area contributed by atoms with Gasteiger partial charge in [-0.25, -0.2) is 9.78 Å². The van der Waals surface area contributed by atoms with Crippen molar-refractivity contribution in [3.63, 3.8) is 0 Å². The Balaban J connectivity index is 1.37. The SMILES string of the molecule is O=C(CCCOc1ccc(-c2c(C(F)(F)F)ccc3nc4ccccc4c(C(=O)O)c23)cc1)OCc1ccccc1. The molecule has 0 saturated carbocycles. The number of para-hydroxylation sites is 1. The number of aromatic carboxylic acids is 1. The van der Waals surface area contributed by atoms with Gasteiger partial charge in [-0.1, -0.05) is 60.7 Å². The number of nitrogens with zero attached hydrogens (tertiary/aromatic N) is 1. The number of carbonyl (C=O) groups excluding carboxylic acids is 1. The lowest BCUT2D eigenvalue weighted by molar-refractivity contribution is -0.145. The van der Waals surface area contributed by atoms with Gasteiger partial charge < -0.3 is 14.6 Å². The van der Waals surface area contributed by atoms with E-state index in [-0.39, 0.29) is 58.6 Å². The van der Waals surface area contributed by atoms with E-state index in [1.165, 1.54) is 36.4 Å². The minimum atomic E-state index is -4.74. The number of alkyl halides is 3. The van der Waals surface area contributed by atoms with Gasteiger partial charge in [0.25, 0.3) is 0 Å². The molecule has 6 nitrogen and oxygen atoms in total. The summed E-state index contributed by atoms with van der Waals surface area (Å²) in [6, 6.07) is 23.8. The Morgan fingerprint density at radius 3 is 2.24 bits per heavy atom. The Kier molecular flexibility index (Phi) is 7.87. The van der Waals surface area contributed by atoms with E-state index in [1.807, 2.05) is 30.3 Å². The van der Waals surface area contributed by atoms with Gasteiger partial charge in [-0.2, -0.15) is 13.2 Å². The number of carboxylic acid groups (broad SMARTS) is 1. The molecule has 9 heteroatoms. The third-order valence-electron chi connectivity index (χ3n) is 6.55. The van der Waals surface area contributed by atoms with Crippen LogP contribution < -0.4 is 4.74 Å². The summed E-state index contributed by atoms with van der Waals surface area (Å²) in [4.78, 5) is 28.8. The van der Waals surface area contributed by atoms with E-state index in [9.17, 15) is 27.9 Å². The molecule has 0 aliphatic rings. The normalized spacial score (nSPS) is 11.5. The number of hydrogen-bond acceptors (Lipinski definition) is 5. The molecule has 5 aromatic rings. The van der Waals surface area contributed by atoms with Crippen LogP contribution in [-0.2, 0) is 22.3 Å². The fourth-order valence-corrected chi connectivity index (χ4v) is 4.68. The maximum atomic E-state index is 14.2. The van der Waals surface area contributed by atoms with E-state index < -0.39 is 17.7 Å². The number of hydrogen-bond donors (Lipinski definition) is 1. The van der Waals surface area contributed by atoms with Crippen molar-refractivity contribution in [2.75, 3.05) is 6.61 Å². The second-order valence-electron chi connectivity index (χ2n) is 9.31. The van der Waals surface area contributed by atoms with Crippen molar-refractivity contribution in [3.8, 4) is 16.9 Å². The van der Waals surface area contributed by atoms with E-state index in [2.05, 4.69) is 4.98 Å². The van der Waals surface area contributed by atoms with E-state index >= 15 is 0 Å². The van der Waals surface area contributed by atoms with Gasteiger partial charge in [0.2, 0.25) is 0 Å². The van der Waals surface area contributed by atoms with Crippen LogP contribution in [0.4, 0.5) is 13.2 Å². The van der Waals surface area contributed by atoms with Crippen molar-refractivity contribution in [3.05, 3.63) is 108 Å². The minimum absolute atomic E-state index is 0.0892.